The Bertz CT molecular complexity index is 594. The van der Waals surface area contributed by atoms with Crippen LogP contribution in [0.2, 0.25) is 0 Å². The maximum absolute atomic E-state index is 11.6. The van der Waals surface area contributed by atoms with Crippen LogP contribution in [0.5, 0.6) is 5.75 Å². The average Bonchev–Trinajstić information content (AvgIpc) is 2.98. The zero-order chi connectivity index (χ0) is 14.4. The molecule has 2 aromatic rings. The number of hydrazone groups is 1. The summed E-state index contributed by atoms with van der Waals surface area (Å²) in [6, 6.07) is 11.2. The summed E-state index contributed by atoms with van der Waals surface area (Å²) in [7, 11) is 0. The van der Waals surface area contributed by atoms with Gasteiger partial charge in [-0.2, -0.15) is 5.10 Å². The number of hydrogen-bond acceptors (Lipinski definition) is 4. The van der Waals surface area contributed by atoms with Crippen molar-refractivity contribution in [1.29, 1.82) is 0 Å². The van der Waals surface area contributed by atoms with Crippen molar-refractivity contribution in [2.24, 2.45) is 5.10 Å². The number of carbonyl (C=O) groups excluding carboxylic acids is 1. The van der Waals surface area contributed by atoms with Gasteiger partial charge in [-0.05, 0) is 42.6 Å². The molecule has 2 rings (SSSR count). The second kappa shape index (κ2) is 7.21. The van der Waals surface area contributed by atoms with E-state index < -0.39 is 0 Å². The fourth-order valence-corrected chi connectivity index (χ4v) is 2.34. The Hall–Kier alpha value is -1.66. The Morgan fingerprint density at radius 2 is 2.10 bits per heavy atom. The van der Waals surface area contributed by atoms with Crippen molar-refractivity contribution in [1.82, 2.24) is 5.43 Å². The minimum atomic E-state index is -0.288. The fraction of sp³-hybridized carbons (Fsp3) is 0.143. The summed E-state index contributed by atoms with van der Waals surface area (Å²) in [5.41, 5.74) is 3.25. The molecule has 1 N–H and O–H groups in total. The summed E-state index contributed by atoms with van der Waals surface area (Å²) >= 11 is 4.91. The predicted molar refractivity (Wildman–Crippen MR) is 84.3 cm³/mol. The lowest BCUT2D eigenvalue weighted by atomic mass is 10.3. The lowest BCUT2D eigenvalue weighted by molar-refractivity contribution is -0.123. The van der Waals surface area contributed by atoms with E-state index in [4.69, 9.17) is 4.74 Å². The summed E-state index contributed by atoms with van der Waals surface area (Å²) in [4.78, 5) is 12.6. The molecule has 0 fully saturated rings. The van der Waals surface area contributed by atoms with E-state index in [1.807, 2.05) is 36.6 Å². The van der Waals surface area contributed by atoms with Gasteiger partial charge in [-0.1, -0.05) is 22.0 Å². The summed E-state index contributed by atoms with van der Waals surface area (Å²) in [6.07, 6.45) is 0. The van der Waals surface area contributed by atoms with Crippen molar-refractivity contribution in [3.63, 3.8) is 0 Å². The van der Waals surface area contributed by atoms with Gasteiger partial charge in [0.05, 0.1) is 5.71 Å². The third kappa shape index (κ3) is 4.47. The second-order valence-electron chi connectivity index (χ2n) is 3.95. The Labute approximate surface area is 129 Å². The molecule has 0 bridgehead atoms. The van der Waals surface area contributed by atoms with Gasteiger partial charge in [-0.25, -0.2) is 5.43 Å². The monoisotopic (exact) mass is 352 g/mol. The molecule has 1 amide bonds. The van der Waals surface area contributed by atoms with E-state index in [1.54, 1.807) is 23.5 Å². The van der Waals surface area contributed by atoms with E-state index in [2.05, 4.69) is 26.5 Å². The summed E-state index contributed by atoms with van der Waals surface area (Å²) < 4.78 is 6.31. The maximum Gasteiger partial charge on any atom is 0.277 e. The number of nitrogens with zero attached hydrogens (tertiary/aromatic N) is 1. The van der Waals surface area contributed by atoms with Crippen molar-refractivity contribution >= 4 is 38.9 Å². The van der Waals surface area contributed by atoms with Crippen molar-refractivity contribution in [3.05, 3.63) is 51.1 Å². The van der Waals surface area contributed by atoms with Gasteiger partial charge >= 0.3 is 0 Å². The topological polar surface area (TPSA) is 50.7 Å². The zero-order valence-electron chi connectivity index (χ0n) is 10.8. The Morgan fingerprint density at radius 3 is 2.75 bits per heavy atom. The quantitative estimate of drug-likeness (QED) is 0.661. The molecular weight excluding hydrogens is 340 g/mol. The van der Waals surface area contributed by atoms with Gasteiger partial charge in [0.2, 0.25) is 0 Å². The number of halogens is 1. The van der Waals surface area contributed by atoms with Crippen LogP contribution in [0.1, 0.15) is 11.8 Å². The lowest BCUT2D eigenvalue weighted by Gasteiger charge is -2.05. The largest absolute Gasteiger partial charge is 0.484 e. The van der Waals surface area contributed by atoms with Crippen molar-refractivity contribution < 1.29 is 9.53 Å². The van der Waals surface area contributed by atoms with Crippen LogP contribution in [-0.2, 0) is 4.79 Å². The molecule has 1 aromatic heterocycles. The Morgan fingerprint density at radius 1 is 1.35 bits per heavy atom. The Kier molecular flexibility index (Phi) is 5.31. The van der Waals surface area contributed by atoms with Gasteiger partial charge in [-0.3, -0.25) is 4.79 Å². The van der Waals surface area contributed by atoms with Crippen LogP contribution in [-0.4, -0.2) is 18.2 Å². The molecular formula is C14H13BrN2O2S. The molecule has 20 heavy (non-hydrogen) atoms. The number of nitrogens with one attached hydrogen (secondary N) is 1. The molecule has 0 aliphatic heterocycles. The molecule has 0 radical (unpaired) electrons. The molecule has 1 heterocycles. The molecule has 0 spiro atoms. The summed E-state index contributed by atoms with van der Waals surface area (Å²) in [5, 5.41) is 6.00. The number of rotatable bonds is 5. The number of ether oxygens (including phenoxy) is 1. The Balaban J connectivity index is 1.81. The van der Waals surface area contributed by atoms with Gasteiger partial charge in [0.25, 0.3) is 5.91 Å². The normalized spacial score (nSPS) is 11.2. The van der Waals surface area contributed by atoms with Gasteiger partial charge in [0.15, 0.2) is 6.61 Å². The summed E-state index contributed by atoms with van der Waals surface area (Å²) in [5.74, 6) is 0.353. The minimum absolute atomic E-state index is 0.0666. The average molecular weight is 353 g/mol. The van der Waals surface area contributed by atoms with Gasteiger partial charge in [-0.15, -0.1) is 11.3 Å². The summed E-state index contributed by atoms with van der Waals surface area (Å²) in [6.45, 7) is 1.78. The molecule has 0 saturated heterocycles. The van der Waals surface area contributed by atoms with Crippen LogP contribution in [0.15, 0.2) is 51.4 Å². The van der Waals surface area contributed by atoms with Crippen molar-refractivity contribution in [2.45, 2.75) is 6.92 Å². The van der Waals surface area contributed by atoms with Crippen LogP contribution >= 0.6 is 27.3 Å². The second-order valence-corrected chi connectivity index (χ2v) is 5.82. The van der Waals surface area contributed by atoms with E-state index in [0.717, 1.165) is 15.1 Å². The molecule has 0 atom stereocenters. The number of amides is 1. The highest BCUT2D eigenvalue weighted by Crippen LogP contribution is 2.15. The molecule has 0 aliphatic carbocycles. The molecule has 104 valence electrons. The standard InChI is InChI=1S/C14H13BrN2O2S/c1-10(13-3-2-8-20-13)16-17-14(18)9-19-12-6-4-11(15)5-7-12/h2-8H,9H2,1H3,(H,17,18)/b16-10+. The first kappa shape index (κ1) is 14.7. The lowest BCUT2D eigenvalue weighted by Crippen LogP contribution is -2.25. The molecule has 6 heteroatoms. The van der Waals surface area contributed by atoms with Gasteiger partial charge < -0.3 is 4.74 Å². The minimum Gasteiger partial charge on any atom is -0.484 e. The smallest absolute Gasteiger partial charge is 0.277 e. The van der Waals surface area contributed by atoms with E-state index in [-0.39, 0.29) is 12.5 Å². The third-order valence-corrected chi connectivity index (χ3v) is 3.92. The SMILES string of the molecule is C/C(=N\NC(=O)COc1ccc(Br)cc1)c1cccs1. The number of thiophene rings is 1. The highest BCUT2D eigenvalue weighted by atomic mass is 79.9. The van der Waals surface area contributed by atoms with E-state index in [9.17, 15) is 4.79 Å². The highest BCUT2D eigenvalue weighted by molar-refractivity contribution is 9.10. The van der Waals surface area contributed by atoms with Gasteiger partial charge in [0, 0.05) is 9.35 Å². The fourth-order valence-electron chi connectivity index (χ4n) is 1.40. The van der Waals surface area contributed by atoms with Gasteiger partial charge in [0.1, 0.15) is 5.75 Å². The van der Waals surface area contributed by atoms with Crippen LogP contribution in [0.4, 0.5) is 0 Å². The number of carbonyl (C=O) groups is 1. The molecule has 1 aromatic carbocycles. The molecule has 4 nitrogen and oxygen atoms in total. The van der Waals surface area contributed by atoms with Crippen molar-refractivity contribution in [3.8, 4) is 5.75 Å². The molecule has 0 aliphatic rings. The first-order valence-corrected chi connectivity index (χ1v) is 7.58. The maximum atomic E-state index is 11.6. The van der Waals surface area contributed by atoms with Crippen LogP contribution in [0.25, 0.3) is 0 Å². The predicted octanol–water partition coefficient (Wildman–Crippen LogP) is 3.43. The number of benzene rings is 1. The number of hydrogen-bond donors (Lipinski definition) is 1. The third-order valence-electron chi connectivity index (χ3n) is 2.41. The van der Waals surface area contributed by atoms with Crippen LogP contribution in [0.3, 0.4) is 0 Å². The molecule has 0 saturated carbocycles. The zero-order valence-corrected chi connectivity index (χ0v) is 13.2. The first-order valence-electron chi connectivity index (χ1n) is 5.90. The first-order chi connectivity index (χ1) is 9.65. The van der Waals surface area contributed by atoms with E-state index in [0.29, 0.717) is 5.75 Å². The van der Waals surface area contributed by atoms with E-state index >= 15 is 0 Å². The molecule has 0 unspecified atom stereocenters. The van der Waals surface area contributed by atoms with Crippen LogP contribution < -0.4 is 10.2 Å². The highest BCUT2D eigenvalue weighted by Gasteiger charge is 2.03. The van der Waals surface area contributed by atoms with Crippen LogP contribution in [0, 0.1) is 0 Å². The van der Waals surface area contributed by atoms with E-state index in [1.165, 1.54) is 0 Å². The van der Waals surface area contributed by atoms with Crippen molar-refractivity contribution in [2.75, 3.05) is 6.61 Å².